The quantitative estimate of drug-likeness (QED) is 0.737. The van der Waals surface area contributed by atoms with Gasteiger partial charge in [0.15, 0.2) is 5.82 Å². The highest BCUT2D eigenvalue weighted by Gasteiger charge is 2.09. The van der Waals surface area contributed by atoms with E-state index in [1.165, 1.54) is 4.80 Å². The Morgan fingerprint density at radius 1 is 1.40 bits per heavy atom. The van der Waals surface area contributed by atoms with E-state index in [0.29, 0.717) is 18.3 Å². The summed E-state index contributed by atoms with van der Waals surface area (Å²) in [5.41, 5.74) is 0. The summed E-state index contributed by atoms with van der Waals surface area (Å²) >= 11 is 0. The van der Waals surface area contributed by atoms with Crippen LogP contribution in [0, 0.1) is 0 Å². The maximum Gasteiger partial charge on any atom is 0.194 e. The molecule has 80 valence electrons. The highest BCUT2D eigenvalue weighted by molar-refractivity contribution is 4.99. The molecule has 2 heterocycles. The second-order valence-corrected chi connectivity index (χ2v) is 3.76. The Morgan fingerprint density at radius 3 is 2.80 bits per heavy atom. The van der Waals surface area contributed by atoms with Gasteiger partial charge in [-0.25, -0.2) is 4.98 Å². The van der Waals surface area contributed by atoms with Gasteiger partial charge >= 0.3 is 0 Å². The SMILES string of the molecule is CC(C)c1nccn1Cc1nnn(C)n1. The second-order valence-electron chi connectivity index (χ2n) is 3.76. The van der Waals surface area contributed by atoms with Crippen molar-refractivity contribution >= 4 is 0 Å². The fourth-order valence-electron chi connectivity index (χ4n) is 1.49. The molecule has 0 fully saturated rings. The Morgan fingerprint density at radius 2 is 2.20 bits per heavy atom. The van der Waals surface area contributed by atoms with Crippen molar-refractivity contribution in [1.29, 1.82) is 0 Å². The lowest BCUT2D eigenvalue weighted by Crippen LogP contribution is -2.07. The van der Waals surface area contributed by atoms with Gasteiger partial charge < -0.3 is 4.57 Å². The summed E-state index contributed by atoms with van der Waals surface area (Å²) in [7, 11) is 1.76. The number of tetrazole rings is 1. The van der Waals surface area contributed by atoms with Gasteiger partial charge in [0, 0.05) is 18.3 Å². The topological polar surface area (TPSA) is 61.4 Å². The lowest BCUT2D eigenvalue weighted by molar-refractivity contribution is 0.618. The van der Waals surface area contributed by atoms with Gasteiger partial charge in [0.1, 0.15) is 5.82 Å². The summed E-state index contributed by atoms with van der Waals surface area (Å²) in [5.74, 6) is 2.15. The monoisotopic (exact) mass is 206 g/mol. The van der Waals surface area contributed by atoms with E-state index in [1.54, 1.807) is 13.2 Å². The fraction of sp³-hybridized carbons (Fsp3) is 0.556. The first-order valence-corrected chi connectivity index (χ1v) is 4.90. The Bertz CT molecular complexity index is 441. The van der Waals surface area contributed by atoms with Gasteiger partial charge in [0.05, 0.1) is 13.6 Å². The fourth-order valence-corrected chi connectivity index (χ4v) is 1.49. The van der Waals surface area contributed by atoms with Crippen LogP contribution in [0.25, 0.3) is 0 Å². The molecule has 0 aromatic carbocycles. The van der Waals surface area contributed by atoms with Crippen LogP contribution in [0.15, 0.2) is 12.4 Å². The molecular formula is C9H14N6. The van der Waals surface area contributed by atoms with E-state index in [9.17, 15) is 0 Å². The smallest absolute Gasteiger partial charge is 0.194 e. The van der Waals surface area contributed by atoms with Crippen molar-refractivity contribution in [1.82, 2.24) is 29.8 Å². The minimum absolute atomic E-state index is 0.400. The van der Waals surface area contributed by atoms with Gasteiger partial charge in [-0.1, -0.05) is 13.8 Å². The number of hydrogen-bond donors (Lipinski definition) is 0. The van der Waals surface area contributed by atoms with E-state index >= 15 is 0 Å². The number of imidazole rings is 1. The average molecular weight is 206 g/mol. The molecule has 0 aliphatic carbocycles. The zero-order valence-corrected chi connectivity index (χ0v) is 9.12. The molecule has 0 unspecified atom stereocenters. The molecule has 0 saturated heterocycles. The summed E-state index contributed by atoms with van der Waals surface area (Å²) in [6, 6.07) is 0. The van der Waals surface area contributed by atoms with E-state index in [1.807, 2.05) is 10.8 Å². The first-order valence-electron chi connectivity index (χ1n) is 4.90. The molecule has 0 atom stereocenters. The van der Waals surface area contributed by atoms with Crippen molar-refractivity contribution in [3.8, 4) is 0 Å². The Labute approximate surface area is 87.9 Å². The van der Waals surface area contributed by atoms with Crippen molar-refractivity contribution in [3.63, 3.8) is 0 Å². The number of aryl methyl sites for hydroxylation is 1. The van der Waals surface area contributed by atoms with E-state index in [4.69, 9.17) is 0 Å². The van der Waals surface area contributed by atoms with Crippen LogP contribution in [-0.4, -0.2) is 29.8 Å². The van der Waals surface area contributed by atoms with Gasteiger partial charge in [-0.05, 0) is 5.21 Å². The highest BCUT2D eigenvalue weighted by Crippen LogP contribution is 2.12. The number of hydrogen-bond acceptors (Lipinski definition) is 4. The van der Waals surface area contributed by atoms with Crippen molar-refractivity contribution < 1.29 is 0 Å². The van der Waals surface area contributed by atoms with Gasteiger partial charge in [-0.3, -0.25) is 0 Å². The first kappa shape index (κ1) is 9.82. The molecule has 0 bridgehead atoms. The van der Waals surface area contributed by atoms with Crippen molar-refractivity contribution in [2.45, 2.75) is 26.3 Å². The molecule has 0 aliphatic rings. The van der Waals surface area contributed by atoms with E-state index in [2.05, 4.69) is 34.2 Å². The van der Waals surface area contributed by atoms with Gasteiger partial charge in [-0.15, -0.1) is 10.2 Å². The Kier molecular flexibility index (Phi) is 2.49. The van der Waals surface area contributed by atoms with Crippen LogP contribution in [0.2, 0.25) is 0 Å². The molecule has 2 aromatic heterocycles. The maximum atomic E-state index is 4.30. The van der Waals surface area contributed by atoms with Crippen molar-refractivity contribution in [2.75, 3.05) is 0 Å². The molecular weight excluding hydrogens is 192 g/mol. The van der Waals surface area contributed by atoms with Crippen molar-refractivity contribution in [3.05, 3.63) is 24.0 Å². The van der Waals surface area contributed by atoms with Crippen LogP contribution in [0.1, 0.15) is 31.4 Å². The minimum atomic E-state index is 0.400. The molecule has 0 amide bonds. The van der Waals surface area contributed by atoms with Gasteiger partial charge in [0.2, 0.25) is 0 Å². The molecule has 15 heavy (non-hydrogen) atoms. The lowest BCUT2D eigenvalue weighted by atomic mass is 10.2. The molecule has 0 saturated carbocycles. The third-order valence-corrected chi connectivity index (χ3v) is 2.13. The maximum absolute atomic E-state index is 4.30. The number of aromatic nitrogens is 6. The minimum Gasteiger partial charge on any atom is -0.327 e. The summed E-state index contributed by atoms with van der Waals surface area (Å²) in [4.78, 5) is 5.76. The van der Waals surface area contributed by atoms with Crippen LogP contribution in [0.3, 0.4) is 0 Å². The third kappa shape index (κ3) is 2.03. The first-order chi connectivity index (χ1) is 7.16. The normalized spacial score (nSPS) is 11.2. The zero-order chi connectivity index (χ0) is 10.8. The Balaban J connectivity index is 2.20. The summed E-state index contributed by atoms with van der Waals surface area (Å²) in [5, 5.41) is 11.9. The Hall–Kier alpha value is -1.72. The molecule has 2 aromatic rings. The lowest BCUT2D eigenvalue weighted by Gasteiger charge is -2.07. The van der Waals surface area contributed by atoms with E-state index < -0.39 is 0 Å². The van der Waals surface area contributed by atoms with Crippen LogP contribution in [0.4, 0.5) is 0 Å². The second kappa shape index (κ2) is 3.80. The van der Waals surface area contributed by atoms with Crippen LogP contribution < -0.4 is 0 Å². The molecule has 6 heteroatoms. The van der Waals surface area contributed by atoms with E-state index in [-0.39, 0.29) is 0 Å². The van der Waals surface area contributed by atoms with Crippen molar-refractivity contribution in [2.24, 2.45) is 7.05 Å². The molecule has 0 radical (unpaired) electrons. The molecule has 0 spiro atoms. The summed E-state index contributed by atoms with van der Waals surface area (Å²) < 4.78 is 2.04. The van der Waals surface area contributed by atoms with Crippen LogP contribution >= 0.6 is 0 Å². The zero-order valence-electron chi connectivity index (χ0n) is 9.12. The summed E-state index contributed by atoms with van der Waals surface area (Å²) in [6.45, 7) is 4.85. The standard InChI is InChI=1S/C9H14N6/c1-7(2)9-10-4-5-15(9)6-8-11-13-14(3)12-8/h4-5,7H,6H2,1-3H3. The number of nitrogens with zero attached hydrogens (tertiary/aromatic N) is 6. The molecule has 0 aliphatic heterocycles. The molecule has 0 N–H and O–H groups in total. The molecule has 2 rings (SSSR count). The largest absolute Gasteiger partial charge is 0.327 e. The predicted octanol–water partition coefficient (Wildman–Crippen LogP) is 0.578. The van der Waals surface area contributed by atoms with E-state index in [0.717, 1.165) is 5.82 Å². The number of rotatable bonds is 3. The van der Waals surface area contributed by atoms with Crippen LogP contribution in [-0.2, 0) is 13.6 Å². The van der Waals surface area contributed by atoms with Crippen LogP contribution in [0.5, 0.6) is 0 Å². The highest BCUT2D eigenvalue weighted by atomic mass is 15.6. The van der Waals surface area contributed by atoms with Gasteiger partial charge in [0.25, 0.3) is 0 Å². The molecule has 6 nitrogen and oxygen atoms in total. The average Bonchev–Trinajstić information content (AvgIpc) is 2.75. The third-order valence-electron chi connectivity index (χ3n) is 2.13. The predicted molar refractivity (Wildman–Crippen MR) is 54.2 cm³/mol. The van der Waals surface area contributed by atoms with Gasteiger partial charge in [-0.2, -0.15) is 4.80 Å². The summed E-state index contributed by atoms with van der Waals surface area (Å²) in [6.07, 6.45) is 3.73.